The Hall–Kier alpha value is -2.01. The fraction of sp³-hybridized carbons (Fsp3) is 0. The molecule has 0 aliphatic carbocycles. The normalized spacial score (nSPS) is 11.0. The minimum absolute atomic E-state index is 0.302. The summed E-state index contributed by atoms with van der Waals surface area (Å²) in [5.41, 5.74) is 7.30. The Kier molecular flexibility index (Phi) is 2.48. The average Bonchev–Trinajstić information content (AvgIpc) is 2.71. The van der Waals surface area contributed by atoms with Crippen LogP contribution >= 0.6 is 11.3 Å². The van der Waals surface area contributed by atoms with E-state index in [1.165, 1.54) is 23.5 Å². The lowest BCUT2D eigenvalue weighted by molar-refractivity contribution is 0.585. The van der Waals surface area contributed by atoms with Crippen LogP contribution in [0.5, 0.6) is 0 Å². The largest absolute Gasteiger partial charge is 0.399 e. The molecule has 18 heavy (non-hydrogen) atoms. The van der Waals surface area contributed by atoms with Crippen molar-refractivity contribution in [2.24, 2.45) is 0 Å². The summed E-state index contributed by atoms with van der Waals surface area (Å²) >= 11 is 1.35. The maximum Gasteiger partial charge on any atom is 0.136 e. The van der Waals surface area contributed by atoms with Gasteiger partial charge >= 0.3 is 0 Å². The van der Waals surface area contributed by atoms with Gasteiger partial charge in [0.25, 0.3) is 0 Å². The van der Waals surface area contributed by atoms with Crippen LogP contribution in [0.1, 0.15) is 0 Å². The Morgan fingerprint density at radius 3 is 2.67 bits per heavy atom. The van der Waals surface area contributed by atoms with Crippen LogP contribution in [0.15, 0.2) is 36.4 Å². The van der Waals surface area contributed by atoms with Crippen LogP contribution < -0.4 is 5.73 Å². The molecule has 0 fully saturated rings. The summed E-state index contributed by atoms with van der Waals surface area (Å²) < 4.78 is 27.4. The Morgan fingerprint density at radius 2 is 1.89 bits per heavy atom. The molecule has 0 aliphatic rings. The maximum absolute atomic E-state index is 13.6. The van der Waals surface area contributed by atoms with Gasteiger partial charge in [-0.1, -0.05) is 0 Å². The number of nitrogens with two attached hydrogens (primary N) is 1. The second-order valence-electron chi connectivity index (χ2n) is 3.87. The van der Waals surface area contributed by atoms with Crippen molar-refractivity contribution in [3.8, 4) is 10.6 Å². The molecule has 0 unspecified atom stereocenters. The fourth-order valence-corrected chi connectivity index (χ4v) is 2.70. The molecule has 0 atom stereocenters. The number of halogens is 2. The van der Waals surface area contributed by atoms with Crippen LogP contribution in [0.3, 0.4) is 0 Å². The number of fused-ring (bicyclic) bond motifs is 1. The number of benzene rings is 2. The van der Waals surface area contributed by atoms with Crippen molar-refractivity contribution in [3.63, 3.8) is 0 Å². The third-order valence-corrected chi connectivity index (χ3v) is 3.64. The quantitative estimate of drug-likeness (QED) is 0.677. The smallest absolute Gasteiger partial charge is 0.136 e. The zero-order valence-electron chi connectivity index (χ0n) is 9.15. The third-order valence-electron chi connectivity index (χ3n) is 2.57. The minimum Gasteiger partial charge on any atom is -0.399 e. The second-order valence-corrected chi connectivity index (χ2v) is 4.90. The molecule has 2 N–H and O–H groups in total. The molecule has 0 bridgehead atoms. The zero-order chi connectivity index (χ0) is 12.7. The van der Waals surface area contributed by atoms with Gasteiger partial charge in [0.05, 0.1) is 10.2 Å². The van der Waals surface area contributed by atoms with E-state index in [2.05, 4.69) is 4.98 Å². The molecule has 2 aromatic carbocycles. The summed E-state index contributed by atoms with van der Waals surface area (Å²) in [5.74, 6) is -1.20. The number of anilines is 1. The van der Waals surface area contributed by atoms with Crippen molar-refractivity contribution in [3.05, 3.63) is 48.0 Å². The second kappa shape index (κ2) is 4.03. The fourth-order valence-electron chi connectivity index (χ4n) is 1.72. The summed E-state index contributed by atoms with van der Waals surface area (Å²) in [6.45, 7) is 0. The van der Waals surface area contributed by atoms with Crippen molar-refractivity contribution in [1.82, 2.24) is 4.98 Å². The first-order valence-corrected chi connectivity index (χ1v) is 6.06. The highest BCUT2D eigenvalue weighted by atomic mass is 32.1. The zero-order valence-corrected chi connectivity index (χ0v) is 9.97. The third kappa shape index (κ3) is 1.82. The number of nitrogen functional groups attached to an aromatic ring is 1. The number of hydrogen-bond acceptors (Lipinski definition) is 3. The van der Waals surface area contributed by atoms with Crippen LogP contribution in [0.25, 0.3) is 20.8 Å². The van der Waals surface area contributed by atoms with E-state index in [0.29, 0.717) is 16.3 Å². The number of hydrogen-bond donors (Lipinski definition) is 1. The maximum atomic E-state index is 13.6. The van der Waals surface area contributed by atoms with Crippen LogP contribution in [0.2, 0.25) is 0 Å². The number of nitrogens with zero attached hydrogens (tertiary/aromatic N) is 1. The molecule has 0 amide bonds. The van der Waals surface area contributed by atoms with Crippen LogP contribution in [-0.2, 0) is 0 Å². The van der Waals surface area contributed by atoms with E-state index in [-0.39, 0.29) is 0 Å². The molecule has 0 radical (unpaired) electrons. The highest BCUT2D eigenvalue weighted by Gasteiger charge is 2.11. The molecule has 0 spiro atoms. The Bertz CT molecular complexity index is 737. The van der Waals surface area contributed by atoms with Gasteiger partial charge in [0.1, 0.15) is 16.6 Å². The number of thiazole rings is 1. The molecule has 0 saturated heterocycles. The van der Waals surface area contributed by atoms with Crippen molar-refractivity contribution < 1.29 is 8.78 Å². The summed E-state index contributed by atoms with van der Waals surface area (Å²) in [6.07, 6.45) is 0. The van der Waals surface area contributed by atoms with Gasteiger partial charge in [-0.3, -0.25) is 0 Å². The highest BCUT2D eigenvalue weighted by molar-refractivity contribution is 7.21. The first-order valence-electron chi connectivity index (χ1n) is 5.25. The van der Waals surface area contributed by atoms with Gasteiger partial charge in [-0.2, -0.15) is 0 Å². The summed E-state index contributed by atoms with van der Waals surface area (Å²) in [5, 5.41) is 0.521. The van der Waals surface area contributed by atoms with E-state index in [1.54, 1.807) is 12.1 Å². The van der Waals surface area contributed by atoms with Crippen LogP contribution in [0.4, 0.5) is 14.5 Å². The SMILES string of the molecule is Nc1ccc2sc(-c3ccc(F)cc3F)nc2c1. The van der Waals surface area contributed by atoms with E-state index < -0.39 is 11.6 Å². The Balaban J connectivity index is 2.19. The average molecular weight is 262 g/mol. The molecule has 0 aliphatic heterocycles. The molecule has 1 heterocycles. The predicted octanol–water partition coefficient (Wildman–Crippen LogP) is 3.82. The summed E-state index contributed by atoms with van der Waals surface area (Å²) in [4.78, 5) is 4.31. The monoisotopic (exact) mass is 262 g/mol. The molecule has 3 aromatic rings. The van der Waals surface area contributed by atoms with Gasteiger partial charge in [0.2, 0.25) is 0 Å². The first-order chi connectivity index (χ1) is 8.63. The molecule has 0 saturated carbocycles. The minimum atomic E-state index is -0.609. The molecule has 3 rings (SSSR count). The Morgan fingerprint density at radius 1 is 1.06 bits per heavy atom. The van der Waals surface area contributed by atoms with Gasteiger partial charge in [0, 0.05) is 17.3 Å². The van der Waals surface area contributed by atoms with Crippen molar-refractivity contribution in [2.75, 3.05) is 5.73 Å². The van der Waals surface area contributed by atoms with Crippen LogP contribution in [-0.4, -0.2) is 4.98 Å². The van der Waals surface area contributed by atoms with Crippen molar-refractivity contribution >= 4 is 27.2 Å². The highest BCUT2D eigenvalue weighted by Crippen LogP contribution is 2.32. The van der Waals surface area contributed by atoms with E-state index in [1.807, 2.05) is 6.07 Å². The van der Waals surface area contributed by atoms with Gasteiger partial charge in [-0.05, 0) is 30.3 Å². The van der Waals surface area contributed by atoms with E-state index in [9.17, 15) is 8.78 Å². The topological polar surface area (TPSA) is 38.9 Å². The lowest BCUT2D eigenvalue weighted by Crippen LogP contribution is -1.85. The summed E-state index contributed by atoms with van der Waals surface area (Å²) in [7, 11) is 0. The van der Waals surface area contributed by atoms with Gasteiger partial charge < -0.3 is 5.73 Å². The van der Waals surface area contributed by atoms with Gasteiger partial charge in [-0.25, -0.2) is 13.8 Å². The first kappa shape index (κ1) is 11.1. The lowest BCUT2D eigenvalue weighted by atomic mass is 10.2. The number of rotatable bonds is 1. The number of aromatic nitrogens is 1. The molecular weight excluding hydrogens is 254 g/mol. The van der Waals surface area contributed by atoms with E-state index >= 15 is 0 Å². The standard InChI is InChI=1S/C13H8F2N2S/c14-7-1-3-9(10(15)5-7)13-17-11-6-8(16)2-4-12(11)18-13/h1-6H,16H2. The van der Waals surface area contributed by atoms with Gasteiger partial charge in [0.15, 0.2) is 0 Å². The van der Waals surface area contributed by atoms with Crippen molar-refractivity contribution in [1.29, 1.82) is 0 Å². The molecular formula is C13H8F2N2S. The van der Waals surface area contributed by atoms with Gasteiger partial charge in [-0.15, -0.1) is 11.3 Å². The van der Waals surface area contributed by atoms with Crippen LogP contribution in [0, 0.1) is 11.6 Å². The molecule has 90 valence electrons. The van der Waals surface area contributed by atoms with E-state index in [0.717, 1.165) is 16.3 Å². The summed E-state index contributed by atoms with van der Waals surface area (Å²) in [6, 6.07) is 8.82. The van der Waals surface area contributed by atoms with E-state index in [4.69, 9.17) is 5.73 Å². The molecule has 2 nitrogen and oxygen atoms in total. The molecule has 1 aromatic heterocycles. The predicted molar refractivity (Wildman–Crippen MR) is 69.4 cm³/mol. The Labute approximate surface area is 106 Å². The lowest BCUT2D eigenvalue weighted by Gasteiger charge is -1.97. The van der Waals surface area contributed by atoms with Crippen molar-refractivity contribution in [2.45, 2.75) is 0 Å². The molecule has 5 heteroatoms.